The highest BCUT2D eigenvalue weighted by Gasteiger charge is 2.11. The van der Waals surface area contributed by atoms with Crippen molar-refractivity contribution in [3.63, 3.8) is 0 Å². The van der Waals surface area contributed by atoms with Crippen LogP contribution in [0.2, 0.25) is 0 Å². The second-order valence-electron chi connectivity index (χ2n) is 4.78. The van der Waals surface area contributed by atoms with Crippen LogP contribution in [0, 0.1) is 17.1 Å². The van der Waals surface area contributed by atoms with Crippen LogP contribution in [0.4, 0.5) is 21.5 Å². The highest BCUT2D eigenvalue weighted by atomic mass is 19.1. The highest BCUT2D eigenvalue weighted by molar-refractivity contribution is 5.79. The Balaban J connectivity index is 2.37. The number of benzene rings is 2. The zero-order chi connectivity index (χ0) is 15.4. The van der Waals surface area contributed by atoms with Crippen LogP contribution in [-0.4, -0.2) is 6.10 Å². The van der Waals surface area contributed by atoms with Crippen molar-refractivity contribution < 1.29 is 9.13 Å². The van der Waals surface area contributed by atoms with Crippen molar-refractivity contribution in [1.29, 1.82) is 5.26 Å². The summed E-state index contributed by atoms with van der Waals surface area (Å²) in [5.41, 5.74) is 7.34. The van der Waals surface area contributed by atoms with Gasteiger partial charge in [0.05, 0.1) is 23.2 Å². The van der Waals surface area contributed by atoms with E-state index >= 15 is 0 Å². The first-order valence-corrected chi connectivity index (χ1v) is 6.53. The third kappa shape index (κ3) is 3.23. The van der Waals surface area contributed by atoms with Gasteiger partial charge in [-0.25, -0.2) is 4.39 Å². The number of anilines is 3. The SMILES string of the molecule is CC(C)Oc1cccc(Nc2cccc(F)c2C#N)c1N. The number of halogens is 1. The van der Waals surface area contributed by atoms with Crippen LogP contribution >= 0.6 is 0 Å². The lowest BCUT2D eigenvalue weighted by Gasteiger charge is -2.16. The lowest BCUT2D eigenvalue weighted by atomic mass is 10.1. The maximum Gasteiger partial charge on any atom is 0.144 e. The molecule has 0 spiro atoms. The summed E-state index contributed by atoms with van der Waals surface area (Å²) >= 11 is 0. The third-order valence-corrected chi connectivity index (χ3v) is 2.82. The highest BCUT2D eigenvalue weighted by Crippen LogP contribution is 2.33. The van der Waals surface area contributed by atoms with Crippen LogP contribution in [0.5, 0.6) is 5.75 Å². The van der Waals surface area contributed by atoms with E-state index in [0.29, 0.717) is 22.8 Å². The van der Waals surface area contributed by atoms with E-state index in [9.17, 15) is 4.39 Å². The molecule has 0 aliphatic heterocycles. The smallest absolute Gasteiger partial charge is 0.144 e. The van der Waals surface area contributed by atoms with E-state index in [1.54, 1.807) is 24.3 Å². The molecule has 0 aliphatic rings. The molecule has 3 N–H and O–H groups in total. The molecule has 0 atom stereocenters. The number of ether oxygens (including phenoxy) is 1. The molecule has 0 heterocycles. The van der Waals surface area contributed by atoms with Crippen molar-refractivity contribution in [2.45, 2.75) is 20.0 Å². The minimum Gasteiger partial charge on any atom is -0.489 e. The van der Waals surface area contributed by atoms with Gasteiger partial charge in [-0.2, -0.15) is 5.26 Å². The number of nitrogens with one attached hydrogen (secondary N) is 1. The van der Waals surface area contributed by atoms with Crippen molar-refractivity contribution in [2.24, 2.45) is 0 Å². The molecule has 2 aromatic rings. The topological polar surface area (TPSA) is 71.1 Å². The molecule has 0 fully saturated rings. The molecule has 0 radical (unpaired) electrons. The van der Waals surface area contributed by atoms with Gasteiger partial charge in [0.1, 0.15) is 23.2 Å². The van der Waals surface area contributed by atoms with Crippen LogP contribution < -0.4 is 15.8 Å². The van der Waals surface area contributed by atoms with Crippen LogP contribution in [0.25, 0.3) is 0 Å². The van der Waals surface area contributed by atoms with Gasteiger partial charge in [-0.15, -0.1) is 0 Å². The Kier molecular flexibility index (Phi) is 4.29. The number of rotatable bonds is 4. The van der Waals surface area contributed by atoms with Gasteiger partial charge in [-0.3, -0.25) is 0 Å². The molecule has 21 heavy (non-hydrogen) atoms. The van der Waals surface area contributed by atoms with Crippen molar-refractivity contribution in [3.8, 4) is 11.8 Å². The summed E-state index contributed by atoms with van der Waals surface area (Å²) in [6.45, 7) is 3.81. The van der Waals surface area contributed by atoms with Gasteiger partial charge >= 0.3 is 0 Å². The number of hydrogen-bond donors (Lipinski definition) is 2. The molecule has 0 amide bonds. The fourth-order valence-corrected chi connectivity index (χ4v) is 1.90. The minimum absolute atomic E-state index is 0.00797. The maximum atomic E-state index is 13.6. The molecule has 0 unspecified atom stereocenters. The zero-order valence-electron chi connectivity index (χ0n) is 11.9. The monoisotopic (exact) mass is 285 g/mol. The van der Waals surface area contributed by atoms with E-state index in [0.717, 1.165) is 0 Å². The second-order valence-corrected chi connectivity index (χ2v) is 4.78. The van der Waals surface area contributed by atoms with Gasteiger partial charge in [-0.05, 0) is 38.1 Å². The van der Waals surface area contributed by atoms with E-state index in [2.05, 4.69) is 5.32 Å². The first-order valence-electron chi connectivity index (χ1n) is 6.53. The minimum atomic E-state index is -0.573. The normalized spacial score (nSPS) is 10.2. The van der Waals surface area contributed by atoms with Gasteiger partial charge in [0.15, 0.2) is 0 Å². The van der Waals surface area contributed by atoms with Gasteiger partial charge in [0, 0.05) is 0 Å². The largest absolute Gasteiger partial charge is 0.489 e. The Hall–Kier alpha value is -2.74. The number of nitrogen functional groups attached to an aromatic ring is 1. The van der Waals surface area contributed by atoms with Gasteiger partial charge in [-0.1, -0.05) is 12.1 Å². The van der Waals surface area contributed by atoms with Crippen molar-refractivity contribution in [2.75, 3.05) is 11.1 Å². The number of para-hydroxylation sites is 1. The Labute approximate surface area is 123 Å². The predicted molar refractivity (Wildman–Crippen MR) is 81.0 cm³/mol. The van der Waals surface area contributed by atoms with E-state index in [-0.39, 0.29) is 11.7 Å². The molecule has 4 nitrogen and oxygen atoms in total. The Morgan fingerprint density at radius 2 is 1.86 bits per heavy atom. The lowest BCUT2D eigenvalue weighted by molar-refractivity contribution is 0.244. The Morgan fingerprint density at radius 3 is 2.52 bits per heavy atom. The molecule has 0 aliphatic carbocycles. The van der Waals surface area contributed by atoms with Crippen molar-refractivity contribution in [1.82, 2.24) is 0 Å². The Bertz CT molecular complexity index is 692. The van der Waals surface area contributed by atoms with E-state index in [4.69, 9.17) is 15.7 Å². The van der Waals surface area contributed by atoms with Crippen LogP contribution in [-0.2, 0) is 0 Å². The average Bonchev–Trinajstić information content (AvgIpc) is 2.43. The van der Waals surface area contributed by atoms with Crippen LogP contribution in [0.15, 0.2) is 36.4 Å². The summed E-state index contributed by atoms with van der Waals surface area (Å²) in [6, 6.07) is 11.5. The lowest BCUT2D eigenvalue weighted by Crippen LogP contribution is -2.08. The summed E-state index contributed by atoms with van der Waals surface area (Å²) in [5, 5.41) is 12.0. The first kappa shape index (κ1) is 14.7. The second kappa shape index (κ2) is 6.14. The van der Waals surface area contributed by atoms with Gasteiger partial charge in [0.2, 0.25) is 0 Å². The van der Waals surface area contributed by atoms with E-state index in [1.807, 2.05) is 19.9 Å². The van der Waals surface area contributed by atoms with Gasteiger partial charge < -0.3 is 15.8 Å². The molecule has 2 rings (SSSR count). The third-order valence-electron chi connectivity index (χ3n) is 2.82. The van der Waals surface area contributed by atoms with Crippen molar-refractivity contribution >= 4 is 17.1 Å². The fourth-order valence-electron chi connectivity index (χ4n) is 1.90. The maximum absolute atomic E-state index is 13.6. The molecule has 0 aromatic heterocycles. The van der Waals surface area contributed by atoms with Crippen LogP contribution in [0.3, 0.4) is 0 Å². The number of hydrogen-bond acceptors (Lipinski definition) is 4. The van der Waals surface area contributed by atoms with Crippen LogP contribution in [0.1, 0.15) is 19.4 Å². The molecule has 0 saturated heterocycles. The molecule has 5 heteroatoms. The summed E-state index contributed by atoms with van der Waals surface area (Å²) in [7, 11) is 0. The van der Waals surface area contributed by atoms with E-state index in [1.165, 1.54) is 12.1 Å². The summed E-state index contributed by atoms with van der Waals surface area (Å²) in [4.78, 5) is 0. The molecule has 108 valence electrons. The molecular formula is C16H16FN3O. The summed E-state index contributed by atoms with van der Waals surface area (Å²) in [5.74, 6) is -0.0273. The summed E-state index contributed by atoms with van der Waals surface area (Å²) < 4.78 is 19.2. The molecular weight excluding hydrogens is 269 g/mol. The Morgan fingerprint density at radius 1 is 1.19 bits per heavy atom. The predicted octanol–water partition coefficient (Wildman–Crippen LogP) is 3.81. The molecule has 2 aromatic carbocycles. The number of nitrogens with two attached hydrogens (primary N) is 1. The number of nitrogens with zero attached hydrogens (tertiary/aromatic N) is 1. The molecule has 0 bridgehead atoms. The quantitative estimate of drug-likeness (QED) is 0.838. The average molecular weight is 285 g/mol. The summed E-state index contributed by atoms with van der Waals surface area (Å²) in [6.07, 6.45) is -0.00797. The van der Waals surface area contributed by atoms with Crippen molar-refractivity contribution in [3.05, 3.63) is 47.8 Å². The van der Waals surface area contributed by atoms with E-state index < -0.39 is 5.82 Å². The standard InChI is InChI=1S/C16H16FN3O/c1-10(2)21-15-8-4-7-14(16(15)19)20-13-6-3-5-12(17)11(13)9-18/h3-8,10,20H,19H2,1-2H3. The molecule has 0 saturated carbocycles. The number of nitriles is 1. The first-order chi connectivity index (χ1) is 10.0. The zero-order valence-corrected chi connectivity index (χ0v) is 11.9. The fraction of sp³-hybridized carbons (Fsp3) is 0.188. The van der Waals surface area contributed by atoms with Gasteiger partial charge in [0.25, 0.3) is 0 Å².